The van der Waals surface area contributed by atoms with Gasteiger partial charge in [0.05, 0.1) is 4.92 Å². The molecule has 1 aromatic rings. The van der Waals surface area contributed by atoms with Crippen molar-refractivity contribution in [2.45, 2.75) is 26.2 Å². The summed E-state index contributed by atoms with van der Waals surface area (Å²) < 4.78 is 0. The Morgan fingerprint density at radius 1 is 1.40 bits per heavy atom. The molecule has 82 valence electrons. The molecule has 7 heteroatoms. The topological polar surface area (TPSA) is 68.9 Å². The second kappa shape index (κ2) is 4.72. The number of nitro groups is 1. The van der Waals surface area contributed by atoms with Crippen LogP contribution in [0.15, 0.2) is 0 Å². The van der Waals surface area contributed by atoms with Gasteiger partial charge in [-0.2, -0.15) is 0 Å². The summed E-state index contributed by atoms with van der Waals surface area (Å²) in [6.45, 7) is 3.85. The van der Waals surface area contributed by atoms with Gasteiger partial charge in [-0.15, -0.1) is 0 Å². The fourth-order valence-corrected chi connectivity index (χ4v) is 1.51. The molecule has 0 amide bonds. The molecule has 0 saturated heterocycles. The molecule has 0 saturated carbocycles. The third kappa shape index (κ3) is 2.54. The molecule has 0 N–H and O–H groups in total. The molecule has 5 nitrogen and oxygen atoms in total. The van der Waals surface area contributed by atoms with Crippen LogP contribution in [0.5, 0.6) is 0 Å². The fourth-order valence-electron chi connectivity index (χ4n) is 0.971. The first-order chi connectivity index (χ1) is 6.97. The van der Waals surface area contributed by atoms with Crippen LogP contribution in [0, 0.1) is 10.1 Å². The molecule has 1 atom stereocenters. The SMILES string of the molecule is CCC(C)c1nc(Cl)c([N+](=O)[O-])c(Cl)n1. The van der Waals surface area contributed by atoms with E-state index in [0.29, 0.717) is 5.82 Å². The standard InChI is InChI=1S/C8H9Cl2N3O2/c1-3-4(2)8-11-6(9)5(13(14)15)7(10)12-8/h4H,3H2,1-2H3. The van der Waals surface area contributed by atoms with Crippen molar-refractivity contribution in [3.8, 4) is 0 Å². The van der Waals surface area contributed by atoms with Crippen LogP contribution in [-0.2, 0) is 0 Å². The van der Waals surface area contributed by atoms with Gasteiger partial charge >= 0.3 is 5.69 Å². The minimum atomic E-state index is -0.689. The molecule has 0 bridgehead atoms. The Morgan fingerprint density at radius 2 is 1.87 bits per heavy atom. The van der Waals surface area contributed by atoms with Crippen molar-refractivity contribution in [3.05, 3.63) is 26.2 Å². The van der Waals surface area contributed by atoms with E-state index < -0.39 is 10.6 Å². The molecule has 0 fully saturated rings. The molecule has 0 aliphatic heterocycles. The van der Waals surface area contributed by atoms with Crippen molar-refractivity contribution in [1.82, 2.24) is 9.97 Å². The van der Waals surface area contributed by atoms with Gasteiger partial charge in [0.25, 0.3) is 0 Å². The lowest BCUT2D eigenvalue weighted by atomic mass is 10.1. The largest absolute Gasteiger partial charge is 0.343 e. The summed E-state index contributed by atoms with van der Waals surface area (Å²) in [5, 5.41) is 10.1. The van der Waals surface area contributed by atoms with Crippen LogP contribution in [0.25, 0.3) is 0 Å². The first-order valence-electron chi connectivity index (χ1n) is 4.34. The van der Waals surface area contributed by atoms with Crippen LogP contribution in [-0.4, -0.2) is 14.9 Å². The third-order valence-electron chi connectivity index (χ3n) is 2.05. The minimum Gasteiger partial charge on any atom is -0.258 e. The summed E-state index contributed by atoms with van der Waals surface area (Å²) in [6, 6.07) is 0. The van der Waals surface area contributed by atoms with Crippen molar-refractivity contribution in [3.63, 3.8) is 0 Å². The molecule has 0 aromatic carbocycles. The van der Waals surface area contributed by atoms with Crippen molar-refractivity contribution < 1.29 is 4.92 Å². The number of nitrogens with zero attached hydrogens (tertiary/aromatic N) is 3. The van der Waals surface area contributed by atoms with Crippen LogP contribution >= 0.6 is 23.2 Å². The highest BCUT2D eigenvalue weighted by molar-refractivity contribution is 6.36. The summed E-state index contributed by atoms with van der Waals surface area (Å²) >= 11 is 11.3. The Labute approximate surface area is 96.6 Å². The van der Waals surface area contributed by atoms with Crippen LogP contribution in [0.4, 0.5) is 5.69 Å². The Balaban J connectivity index is 3.25. The lowest BCUT2D eigenvalue weighted by Crippen LogP contribution is -2.03. The predicted octanol–water partition coefficient (Wildman–Crippen LogP) is 3.21. The molecule has 15 heavy (non-hydrogen) atoms. The second-order valence-electron chi connectivity index (χ2n) is 3.08. The summed E-state index contributed by atoms with van der Waals surface area (Å²) in [5.41, 5.74) is -0.439. The van der Waals surface area contributed by atoms with E-state index in [1.54, 1.807) is 0 Å². The van der Waals surface area contributed by atoms with Crippen molar-refractivity contribution in [1.29, 1.82) is 0 Å². The Kier molecular flexibility index (Phi) is 3.82. The van der Waals surface area contributed by atoms with Crippen molar-refractivity contribution >= 4 is 28.9 Å². The normalized spacial score (nSPS) is 12.5. The van der Waals surface area contributed by atoms with Crippen LogP contribution < -0.4 is 0 Å². The second-order valence-corrected chi connectivity index (χ2v) is 3.79. The Morgan fingerprint density at radius 3 is 2.20 bits per heavy atom. The first kappa shape index (κ1) is 12.1. The maximum absolute atomic E-state index is 10.5. The Hall–Kier alpha value is -0.940. The van der Waals surface area contributed by atoms with Crippen LogP contribution in [0.3, 0.4) is 0 Å². The highest BCUT2D eigenvalue weighted by Gasteiger charge is 2.23. The highest BCUT2D eigenvalue weighted by Crippen LogP contribution is 2.31. The van der Waals surface area contributed by atoms with Gasteiger partial charge in [-0.1, -0.05) is 37.0 Å². The van der Waals surface area contributed by atoms with E-state index in [-0.39, 0.29) is 16.2 Å². The number of hydrogen-bond donors (Lipinski definition) is 0. The van der Waals surface area contributed by atoms with Gasteiger partial charge in [-0.3, -0.25) is 10.1 Å². The zero-order valence-electron chi connectivity index (χ0n) is 8.20. The average Bonchev–Trinajstić information content (AvgIpc) is 2.14. The molecule has 1 unspecified atom stereocenters. The Bertz CT molecular complexity index is 374. The van der Waals surface area contributed by atoms with Crippen molar-refractivity contribution in [2.75, 3.05) is 0 Å². The number of halogens is 2. The third-order valence-corrected chi connectivity index (χ3v) is 2.58. The van der Waals surface area contributed by atoms with Crippen molar-refractivity contribution in [2.24, 2.45) is 0 Å². The lowest BCUT2D eigenvalue weighted by molar-refractivity contribution is -0.385. The van der Waals surface area contributed by atoms with E-state index >= 15 is 0 Å². The van der Waals surface area contributed by atoms with Gasteiger partial charge in [0.1, 0.15) is 5.82 Å². The molecule has 0 aliphatic rings. The van der Waals surface area contributed by atoms with Crippen LogP contribution in [0.2, 0.25) is 10.3 Å². The predicted molar refractivity (Wildman–Crippen MR) is 57.4 cm³/mol. The van der Waals surface area contributed by atoms with E-state index in [2.05, 4.69) is 9.97 Å². The zero-order chi connectivity index (χ0) is 11.6. The summed E-state index contributed by atoms with van der Waals surface area (Å²) in [6.07, 6.45) is 0.810. The van der Waals surface area contributed by atoms with Gasteiger partial charge in [0, 0.05) is 5.92 Å². The van der Waals surface area contributed by atoms with Gasteiger partial charge in [-0.25, -0.2) is 9.97 Å². The molecule has 1 rings (SSSR count). The maximum Gasteiger partial charge on any atom is 0.343 e. The quantitative estimate of drug-likeness (QED) is 0.469. The van der Waals surface area contributed by atoms with E-state index in [9.17, 15) is 10.1 Å². The number of aromatic nitrogens is 2. The van der Waals surface area contributed by atoms with E-state index in [4.69, 9.17) is 23.2 Å². The molecule has 1 heterocycles. The molecule has 0 spiro atoms. The van der Waals surface area contributed by atoms with E-state index in [1.807, 2.05) is 13.8 Å². The van der Waals surface area contributed by atoms with Crippen LogP contribution in [0.1, 0.15) is 32.0 Å². The molecule has 0 radical (unpaired) electrons. The van der Waals surface area contributed by atoms with Gasteiger partial charge < -0.3 is 0 Å². The van der Waals surface area contributed by atoms with E-state index in [0.717, 1.165) is 6.42 Å². The number of hydrogen-bond acceptors (Lipinski definition) is 4. The average molecular weight is 250 g/mol. The molecular weight excluding hydrogens is 241 g/mol. The highest BCUT2D eigenvalue weighted by atomic mass is 35.5. The molecule has 1 aromatic heterocycles. The summed E-state index contributed by atoms with van der Waals surface area (Å²) in [4.78, 5) is 17.6. The minimum absolute atomic E-state index is 0.0702. The lowest BCUT2D eigenvalue weighted by Gasteiger charge is -2.07. The first-order valence-corrected chi connectivity index (χ1v) is 5.10. The number of rotatable bonds is 3. The zero-order valence-corrected chi connectivity index (χ0v) is 9.71. The summed E-state index contributed by atoms with van der Waals surface area (Å²) in [5.74, 6) is 0.499. The smallest absolute Gasteiger partial charge is 0.258 e. The van der Waals surface area contributed by atoms with Gasteiger partial charge in [-0.05, 0) is 6.42 Å². The fraction of sp³-hybridized carbons (Fsp3) is 0.500. The van der Waals surface area contributed by atoms with E-state index in [1.165, 1.54) is 0 Å². The van der Waals surface area contributed by atoms with Gasteiger partial charge in [0.2, 0.25) is 10.3 Å². The van der Waals surface area contributed by atoms with Gasteiger partial charge in [0.15, 0.2) is 0 Å². The molecular formula is C8H9Cl2N3O2. The summed E-state index contributed by atoms with van der Waals surface area (Å²) in [7, 11) is 0. The monoisotopic (exact) mass is 249 g/mol. The molecule has 0 aliphatic carbocycles. The maximum atomic E-state index is 10.5.